The summed E-state index contributed by atoms with van der Waals surface area (Å²) in [5, 5.41) is 0.941. The van der Waals surface area contributed by atoms with Gasteiger partial charge in [-0.25, -0.2) is 9.97 Å². The van der Waals surface area contributed by atoms with Crippen molar-refractivity contribution in [2.24, 2.45) is 0 Å². The third-order valence-electron chi connectivity index (χ3n) is 3.19. The van der Waals surface area contributed by atoms with Crippen LogP contribution in [-0.4, -0.2) is 21.1 Å². The van der Waals surface area contributed by atoms with Gasteiger partial charge in [0.05, 0.1) is 12.3 Å². The number of rotatable bonds is 4. The number of halogens is 3. The second kappa shape index (κ2) is 6.81. The van der Waals surface area contributed by atoms with Gasteiger partial charge in [0, 0.05) is 71.3 Å². The molecule has 0 radical (unpaired) electrons. The second-order valence-electron chi connectivity index (χ2n) is 4.51. The van der Waals surface area contributed by atoms with Crippen LogP contribution in [0.1, 0.15) is 5.69 Å². The smallest absolute Gasteiger partial charge is 0.213 e. The van der Waals surface area contributed by atoms with Crippen LogP contribution in [0.15, 0.2) is 35.1 Å². The largest absolute Gasteiger partial charge is 0.378 e. The highest BCUT2D eigenvalue weighted by molar-refractivity contribution is 14.2. The number of hydrogen-bond donors (Lipinski definition) is 0. The predicted octanol–water partition coefficient (Wildman–Crippen LogP) is 4.99. The van der Waals surface area contributed by atoms with Gasteiger partial charge in [-0.15, -0.1) is 0 Å². The summed E-state index contributed by atoms with van der Waals surface area (Å²) in [7, 11) is 3.15. The number of fused-ring (bicyclic) bond motifs is 1. The number of methoxy groups -OCH3 is 1. The summed E-state index contributed by atoms with van der Waals surface area (Å²) in [4.78, 5) is 8.12. The number of ether oxygens (including phenoxy) is 1. The molecule has 22 heavy (non-hydrogen) atoms. The van der Waals surface area contributed by atoms with Crippen molar-refractivity contribution in [2.45, 2.75) is 6.61 Å². The first-order valence-corrected chi connectivity index (χ1v) is 10.4. The molecule has 114 valence electrons. The topological polar surface area (TPSA) is 39.9 Å². The average Bonchev–Trinajstić information content (AvgIpc) is 2.80. The average molecular weight is 494 g/mol. The van der Waals surface area contributed by atoms with Crippen LogP contribution in [0, 0.1) is 5.95 Å². The fraction of sp³-hybridized carbons (Fsp3) is 0.143. The van der Waals surface area contributed by atoms with Crippen molar-refractivity contribution in [3.8, 4) is 11.1 Å². The lowest BCUT2D eigenvalue weighted by Crippen LogP contribution is -1.97. The molecule has 0 aliphatic heterocycles. The standard InChI is InChI=1S/C14H10BrFIN3OS/c1-21-7-11-13(8-2-3-18-12(16)4-8)10-5-9(15)6-19-14(10)20(11)22-17/h2-6H,7H2,1H3. The van der Waals surface area contributed by atoms with Gasteiger partial charge in [-0.2, -0.15) is 4.39 Å². The predicted molar refractivity (Wildman–Crippen MR) is 98.3 cm³/mol. The van der Waals surface area contributed by atoms with E-state index < -0.39 is 5.95 Å². The lowest BCUT2D eigenvalue weighted by atomic mass is 10.0. The van der Waals surface area contributed by atoms with Gasteiger partial charge >= 0.3 is 0 Å². The van der Waals surface area contributed by atoms with E-state index in [2.05, 4.69) is 47.1 Å². The van der Waals surface area contributed by atoms with Gasteiger partial charge in [-0.05, 0) is 33.6 Å². The molecule has 0 fully saturated rings. The molecule has 0 amide bonds. The fourth-order valence-corrected chi connectivity index (χ4v) is 4.43. The summed E-state index contributed by atoms with van der Waals surface area (Å²) >= 11 is 5.65. The first-order chi connectivity index (χ1) is 10.7. The molecule has 0 unspecified atom stereocenters. The molecule has 0 bridgehead atoms. The van der Waals surface area contributed by atoms with E-state index in [4.69, 9.17) is 4.74 Å². The molecular weight excluding hydrogens is 484 g/mol. The number of pyridine rings is 2. The Kier molecular flexibility index (Phi) is 5.00. The van der Waals surface area contributed by atoms with Crippen molar-refractivity contribution in [1.82, 2.24) is 13.9 Å². The van der Waals surface area contributed by atoms with E-state index in [9.17, 15) is 4.39 Å². The molecule has 3 heterocycles. The van der Waals surface area contributed by atoms with E-state index in [-0.39, 0.29) is 0 Å². The third kappa shape index (κ3) is 2.89. The Morgan fingerprint density at radius 1 is 1.41 bits per heavy atom. The SMILES string of the molecule is COCc1c(-c2ccnc(F)c2)c2cc(Br)cnc2n1SI. The lowest BCUT2D eigenvalue weighted by molar-refractivity contribution is 0.182. The monoisotopic (exact) mass is 493 g/mol. The molecule has 0 saturated heterocycles. The molecule has 0 aromatic carbocycles. The van der Waals surface area contributed by atoms with E-state index in [1.54, 1.807) is 19.4 Å². The van der Waals surface area contributed by atoms with Crippen LogP contribution in [0.2, 0.25) is 0 Å². The maximum atomic E-state index is 13.6. The minimum Gasteiger partial charge on any atom is -0.378 e. The maximum absolute atomic E-state index is 13.6. The Morgan fingerprint density at radius 2 is 2.23 bits per heavy atom. The highest BCUT2D eigenvalue weighted by atomic mass is 127. The first-order valence-electron chi connectivity index (χ1n) is 6.24. The van der Waals surface area contributed by atoms with Crippen LogP contribution in [0.4, 0.5) is 4.39 Å². The third-order valence-corrected chi connectivity index (χ3v) is 5.34. The van der Waals surface area contributed by atoms with Gasteiger partial charge in [-0.3, -0.25) is 3.97 Å². The number of hydrogen-bond acceptors (Lipinski definition) is 4. The van der Waals surface area contributed by atoms with Gasteiger partial charge in [0.1, 0.15) is 0 Å². The fourth-order valence-electron chi connectivity index (χ4n) is 2.38. The van der Waals surface area contributed by atoms with Gasteiger partial charge in [0.15, 0.2) is 5.65 Å². The molecule has 4 nitrogen and oxygen atoms in total. The van der Waals surface area contributed by atoms with Crippen molar-refractivity contribution in [3.63, 3.8) is 0 Å². The van der Waals surface area contributed by atoms with Crippen LogP contribution in [0.3, 0.4) is 0 Å². The number of aromatic nitrogens is 3. The molecule has 0 aliphatic rings. The molecule has 0 N–H and O–H groups in total. The molecule has 0 spiro atoms. The summed E-state index contributed by atoms with van der Waals surface area (Å²) in [5.41, 5.74) is 3.43. The van der Waals surface area contributed by atoms with Crippen LogP contribution >= 0.6 is 46.3 Å². The minimum absolute atomic E-state index is 0.406. The van der Waals surface area contributed by atoms with Crippen molar-refractivity contribution < 1.29 is 9.13 Å². The van der Waals surface area contributed by atoms with E-state index in [0.717, 1.165) is 32.3 Å². The Balaban J connectivity index is 2.39. The van der Waals surface area contributed by atoms with E-state index >= 15 is 0 Å². The molecule has 3 aromatic heterocycles. The Labute approximate surface area is 151 Å². The van der Waals surface area contributed by atoms with E-state index in [1.807, 2.05) is 10.0 Å². The summed E-state index contributed by atoms with van der Waals surface area (Å²) in [6.07, 6.45) is 3.21. The Morgan fingerprint density at radius 3 is 2.91 bits per heavy atom. The summed E-state index contributed by atoms with van der Waals surface area (Å²) in [6, 6.07) is 5.20. The zero-order valence-corrected chi connectivity index (χ0v) is 15.9. The summed E-state index contributed by atoms with van der Waals surface area (Å²) in [6.45, 7) is 0.406. The Hall–Kier alpha value is -0.710. The minimum atomic E-state index is -0.508. The summed E-state index contributed by atoms with van der Waals surface area (Å²) in [5.74, 6) is -0.508. The molecule has 3 rings (SSSR count). The molecule has 0 saturated carbocycles. The van der Waals surface area contributed by atoms with E-state index in [0.29, 0.717) is 6.61 Å². The summed E-state index contributed by atoms with van der Waals surface area (Å²) < 4.78 is 21.8. The quantitative estimate of drug-likeness (QED) is 0.379. The van der Waals surface area contributed by atoms with Crippen LogP contribution < -0.4 is 0 Å². The van der Waals surface area contributed by atoms with Crippen molar-refractivity contribution in [1.29, 1.82) is 0 Å². The highest BCUT2D eigenvalue weighted by Gasteiger charge is 2.20. The second-order valence-corrected chi connectivity index (χ2v) is 7.11. The zero-order chi connectivity index (χ0) is 15.7. The molecular formula is C14H10BrFIN3OS. The van der Waals surface area contributed by atoms with Gasteiger partial charge in [0.25, 0.3) is 0 Å². The van der Waals surface area contributed by atoms with Crippen molar-refractivity contribution >= 4 is 57.3 Å². The lowest BCUT2D eigenvalue weighted by Gasteiger charge is -2.07. The molecule has 0 atom stereocenters. The maximum Gasteiger partial charge on any atom is 0.213 e. The normalized spacial score (nSPS) is 11.3. The highest BCUT2D eigenvalue weighted by Crippen LogP contribution is 2.39. The first kappa shape index (κ1) is 16.2. The van der Waals surface area contributed by atoms with Crippen LogP contribution in [0.25, 0.3) is 22.2 Å². The van der Waals surface area contributed by atoms with E-state index in [1.165, 1.54) is 21.4 Å². The van der Waals surface area contributed by atoms with Gasteiger partial charge < -0.3 is 4.74 Å². The van der Waals surface area contributed by atoms with Gasteiger partial charge in [-0.1, -0.05) is 0 Å². The van der Waals surface area contributed by atoms with Crippen LogP contribution in [-0.2, 0) is 11.3 Å². The molecule has 3 aromatic rings. The molecule has 0 aliphatic carbocycles. The zero-order valence-electron chi connectivity index (χ0n) is 11.4. The number of nitrogens with zero attached hydrogens (tertiary/aromatic N) is 3. The Bertz CT molecular complexity index is 842. The van der Waals surface area contributed by atoms with Crippen molar-refractivity contribution in [2.75, 3.05) is 7.11 Å². The van der Waals surface area contributed by atoms with Crippen molar-refractivity contribution in [3.05, 3.63) is 46.7 Å². The van der Waals surface area contributed by atoms with Crippen LogP contribution in [0.5, 0.6) is 0 Å². The van der Waals surface area contributed by atoms with Gasteiger partial charge in [0.2, 0.25) is 5.95 Å². The molecule has 8 heteroatoms.